The molecule has 82 valence electrons. The molecule has 0 aromatic heterocycles. The van der Waals surface area contributed by atoms with Gasteiger partial charge in [0.25, 0.3) is 0 Å². The summed E-state index contributed by atoms with van der Waals surface area (Å²) >= 11 is 0. The van der Waals surface area contributed by atoms with E-state index in [2.05, 4.69) is 0 Å². The van der Waals surface area contributed by atoms with Gasteiger partial charge in [0.15, 0.2) is 0 Å². The first-order chi connectivity index (χ1) is 7.22. The van der Waals surface area contributed by atoms with Gasteiger partial charge in [-0.25, -0.2) is 0 Å². The highest BCUT2D eigenvalue weighted by Gasteiger charge is 2.08. The van der Waals surface area contributed by atoms with Gasteiger partial charge in [-0.15, -0.1) is 0 Å². The van der Waals surface area contributed by atoms with E-state index in [1.807, 2.05) is 30.3 Å². The molecule has 0 bridgehead atoms. The summed E-state index contributed by atoms with van der Waals surface area (Å²) in [6.45, 7) is 2.28. The molecule has 0 radical (unpaired) electrons. The number of nitrogens with zero attached hydrogens (tertiary/aromatic N) is 1. The van der Waals surface area contributed by atoms with E-state index >= 15 is 0 Å². The summed E-state index contributed by atoms with van der Waals surface area (Å²) in [7, 11) is 0. The van der Waals surface area contributed by atoms with Gasteiger partial charge in [0.2, 0.25) is 0 Å². The molecule has 0 amide bonds. The van der Waals surface area contributed by atoms with Crippen LogP contribution in [0.3, 0.4) is 0 Å². The fourth-order valence-corrected chi connectivity index (χ4v) is 1.21. The molecule has 1 aromatic carbocycles. The van der Waals surface area contributed by atoms with Crippen molar-refractivity contribution in [1.29, 1.82) is 0 Å². The number of benzene rings is 1. The van der Waals surface area contributed by atoms with Crippen molar-refractivity contribution in [2.75, 3.05) is 13.2 Å². The molecule has 1 aromatic rings. The van der Waals surface area contributed by atoms with E-state index in [0.717, 1.165) is 10.6 Å². The standard InChI is InChI=1S/C11H15NO3/c1-2-15-11(13)9-12(14)8-10-6-4-3-5-7-10/h3-7,14H,2,8-9H2,1H3. The second-order valence-corrected chi connectivity index (χ2v) is 3.11. The molecule has 4 heteroatoms. The number of hydroxylamine groups is 2. The lowest BCUT2D eigenvalue weighted by Crippen LogP contribution is -2.27. The van der Waals surface area contributed by atoms with Gasteiger partial charge in [0, 0.05) is 6.54 Å². The molecule has 0 aliphatic rings. The van der Waals surface area contributed by atoms with E-state index in [4.69, 9.17) is 4.74 Å². The Kier molecular flexibility index (Phi) is 4.80. The largest absolute Gasteiger partial charge is 0.465 e. The third-order valence-electron chi connectivity index (χ3n) is 1.82. The molecular weight excluding hydrogens is 194 g/mol. The number of hydrogen-bond acceptors (Lipinski definition) is 4. The highest BCUT2D eigenvalue weighted by molar-refractivity contribution is 5.71. The van der Waals surface area contributed by atoms with Gasteiger partial charge in [-0.3, -0.25) is 4.79 Å². The molecule has 0 aliphatic carbocycles. The summed E-state index contributed by atoms with van der Waals surface area (Å²) in [5.74, 6) is -0.420. The average Bonchev–Trinajstić information content (AvgIpc) is 2.19. The van der Waals surface area contributed by atoms with Gasteiger partial charge >= 0.3 is 5.97 Å². The topological polar surface area (TPSA) is 49.8 Å². The van der Waals surface area contributed by atoms with Gasteiger partial charge in [0.1, 0.15) is 6.54 Å². The van der Waals surface area contributed by atoms with Crippen LogP contribution in [0.2, 0.25) is 0 Å². The summed E-state index contributed by atoms with van der Waals surface area (Å²) in [5, 5.41) is 10.4. The molecule has 15 heavy (non-hydrogen) atoms. The zero-order chi connectivity index (χ0) is 11.1. The van der Waals surface area contributed by atoms with Crippen LogP contribution in [0.15, 0.2) is 30.3 Å². The van der Waals surface area contributed by atoms with Crippen LogP contribution in [-0.2, 0) is 16.1 Å². The molecule has 0 saturated carbocycles. The monoisotopic (exact) mass is 209 g/mol. The SMILES string of the molecule is CCOC(=O)CN(O)Cc1ccccc1. The van der Waals surface area contributed by atoms with Crippen LogP contribution in [0.25, 0.3) is 0 Å². The molecule has 0 unspecified atom stereocenters. The third-order valence-corrected chi connectivity index (χ3v) is 1.82. The number of ether oxygens (including phenoxy) is 1. The molecule has 0 heterocycles. The molecule has 0 spiro atoms. The van der Waals surface area contributed by atoms with E-state index in [1.165, 1.54) is 0 Å². The van der Waals surface area contributed by atoms with E-state index in [-0.39, 0.29) is 6.54 Å². The van der Waals surface area contributed by atoms with Crippen LogP contribution in [-0.4, -0.2) is 29.4 Å². The molecule has 1 N–H and O–H groups in total. The fraction of sp³-hybridized carbons (Fsp3) is 0.364. The average molecular weight is 209 g/mol. The van der Waals surface area contributed by atoms with Crippen LogP contribution < -0.4 is 0 Å². The Labute approximate surface area is 89.0 Å². The minimum atomic E-state index is -0.420. The van der Waals surface area contributed by atoms with Gasteiger partial charge in [0.05, 0.1) is 6.61 Å². The quantitative estimate of drug-likeness (QED) is 0.589. The van der Waals surface area contributed by atoms with Gasteiger partial charge in [-0.2, -0.15) is 5.06 Å². The predicted octanol–water partition coefficient (Wildman–Crippen LogP) is 1.44. The summed E-state index contributed by atoms with van der Waals surface area (Å²) in [6, 6.07) is 9.43. The number of carbonyl (C=O) groups is 1. The second-order valence-electron chi connectivity index (χ2n) is 3.11. The van der Waals surface area contributed by atoms with Crippen LogP contribution in [0, 0.1) is 0 Å². The van der Waals surface area contributed by atoms with Crippen LogP contribution in [0.1, 0.15) is 12.5 Å². The number of carbonyl (C=O) groups excluding carboxylic acids is 1. The van der Waals surface area contributed by atoms with Crippen LogP contribution in [0.5, 0.6) is 0 Å². The zero-order valence-electron chi connectivity index (χ0n) is 8.72. The van der Waals surface area contributed by atoms with Crippen molar-refractivity contribution in [3.63, 3.8) is 0 Å². The smallest absolute Gasteiger partial charge is 0.322 e. The zero-order valence-corrected chi connectivity index (χ0v) is 8.72. The maximum atomic E-state index is 11.0. The van der Waals surface area contributed by atoms with E-state index in [1.54, 1.807) is 6.92 Å². The van der Waals surface area contributed by atoms with Gasteiger partial charge in [-0.1, -0.05) is 30.3 Å². The molecule has 4 nitrogen and oxygen atoms in total. The van der Waals surface area contributed by atoms with Crippen molar-refractivity contribution in [1.82, 2.24) is 5.06 Å². The Bertz CT molecular complexity index is 300. The third kappa shape index (κ3) is 4.58. The normalized spacial score (nSPS) is 10.3. The summed E-state index contributed by atoms with van der Waals surface area (Å²) in [6.07, 6.45) is 0. The summed E-state index contributed by atoms with van der Waals surface area (Å²) < 4.78 is 4.71. The van der Waals surface area contributed by atoms with E-state index < -0.39 is 5.97 Å². The van der Waals surface area contributed by atoms with Crippen molar-refractivity contribution in [3.05, 3.63) is 35.9 Å². The van der Waals surface area contributed by atoms with Gasteiger partial charge in [-0.05, 0) is 12.5 Å². The molecule has 0 aliphatic heterocycles. The van der Waals surface area contributed by atoms with Crippen LogP contribution >= 0.6 is 0 Å². The fourth-order valence-electron chi connectivity index (χ4n) is 1.21. The van der Waals surface area contributed by atoms with Crippen molar-refractivity contribution in [2.45, 2.75) is 13.5 Å². The molecule has 1 rings (SSSR count). The summed E-state index contributed by atoms with van der Waals surface area (Å²) in [5.41, 5.74) is 0.948. The number of hydrogen-bond donors (Lipinski definition) is 1. The van der Waals surface area contributed by atoms with Crippen molar-refractivity contribution >= 4 is 5.97 Å². The van der Waals surface area contributed by atoms with E-state index in [9.17, 15) is 10.0 Å². The number of esters is 1. The minimum absolute atomic E-state index is 0.108. The molecule has 0 atom stereocenters. The Morgan fingerprint density at radius 2 is 2.07 bits per heavy atom. The van der Waals surface area contributed by atoms with Crippen molar-refractivity contribution in [2.24, 2.45) is 0 Å². The summed E-state index contributed by atoms with van der Waals surface area (Å²) in [4.78, 5) is 11.0. The Morgan fingerprint density at radius 1 is 1.40 bits per heavy atom. The Balaban J connectivity index is 2.36. The van der Waals surface area contributed by atoms with Crippen molar-refractivity contribution in [3.8, 4) is 0 Å². The molecule has 0 saturated heterocycles. The minimum Gasteiger partial charge on any atom is -0.465 e. The lowest BCUT2D eigenvalue weighted by atomic mass is 10.2. The van der Waals surface area contributed by atoms with Gasteiger partial charge < -0.3 is 9.94 Å². The lowest BCUT2D eigenvalue weighted by molar-refractivity contribution is -0.160. The maximum absolute atomic E-state index is 11.0. The van der Waals surface area contributed by atoms with E-state index in [0.29, 0.717) is 13.2 Å². The lowest BCUT2D eigenvalue weighted by Gasteiger charge is -2.13. The molecule has 0 fully saturated rings. The highest BCUT2D eigenvalue weighted by atomic mass is 16.5. The first kappa shape index (κ1) is 11.7. The number of rotatable bonds is 5. The Hall–Kier alpha value is -1.39. The second kappa shape index (κ2) is 6.16. The Morgan fingerprint density at radius 3 is 2.67 bits per heavy atom. The highest BCUT2D eigenvalue weighted by Crippen LogP contribution is 2.01. The first-order valence-corrected chi connectivity index (χ1v) is 4.85. The maximum Gasteiger partial charge on any atom is 0.322 e. The van der Waals surface area contributed by atoms with Crippen molar-refractivity contribution < 1.29 is 14.7 Å². The predicted molar refractivity (Wildman–Crippen MR) is 55.3 cm³/mol. The first-order valence-electron chi connectivity index (χ1n) is 4.85. The van der Waals surface area contributed by atoms with Crippen LogP contribution in [0.4, 0.5) is 0 Å². The molecular formula is C11H15NO3.